The maximum atomic E-state index is 11.8. The van der Waals surface area contributed by atoms with Crippen molar-refractivity contribution in [3.63, 3.8) is 0 Å². The van der Waals surface area contributed by atoms with Gasteiger partial charge in [0.05, 0.1) is 0 Å². The quantitative estimate of drug-likeness (QED) is 0.772. The van der Waals surface area contributed by atoms with E-state index in [-0.39, 0.29) is 11.2 Å². The van der Waals surface area contributed by atoms with Gasteiger partial charge in [-0.2, -0.15) is 0 Å². The summed E-state index contributed by atoms with van der Waals surface area (Å²) in [5.74, 6) is 0.282. The number of carbonyl (C=O) groups is 1. The van der Waals surface area contributed by atoms with Crippen LogP contribution in [-0.4, -0.2) is 5.78 Å². The lowest BCUT2D eigenvalue weighted by atomic mass is 9.87. The van der Waals surface area contributed by atoms with Crippen molar-refractivity contribution in [3.8, 4) is 0 Å². The Labute approximate surface area is 103 Å². The molecular formula is C14H19ClO. The highest BCUT2D eigenvalue weighted by Crippen LogP contribution is 2.22. The van der Waals surface area contributed by atoms with Crippen molar-refractivity contribution in [3.05, 3.63) is 34.3 Å². The topological polar surface area (TPSA) is 17.1 Å². The number of rotatable bonds is 3. The zero-order chi connectivity index (χ0) is 12.3. The molecule has 0 heterocycles. The number of aryl methyl sites for hydroxylation is 2. The lowest BCUT2D eigenvalue weighted by Gasteiger charge is -2.16. The number of carbonyl (C=O) groups excluding carboxylic acids is 1. The third-order valence-corrected chi connectivity index (χ3v) is 3.02. The summed E-state index contributed by atoms with van der Waals surface area (Å²) in [5, 5.41) is 0.765. The zero-order valence-corrected chi connectivity index (χ0v) is 11.2. The molecule has 0 aliphatic heterocycles. The average Bonchev–Trinajstić information content (AvgIpc) is 2.14. The maximum Gasteiger partial charge on any atom is 0.138 e. The van der Waals surface area contributed by atoms with Gasteiger partial charge >= 0.3 is 0 Å². The van der Waals surface area contributed by atoms with Crippen LogP contribution in [-0.2, 0) is 11.2 Å². The number of halogens is 1. The fourth-order valence-corrected chi connectivity index (χ4v) is 1.81. The van der Waals surface area contributed by atoms with Crippen molar-refractivity contribution in [2.45, 2.75) is 40.5 Å². The Hall–Kier alpha value is -0.820. The van der Waals surface area contributed by atoms with E-state index in [1.54, 1.807) is 0 Å². The Morgan fingerprint density at radius 2 is 1.94 bits per heavy atom. The Bertz CT molecular complexity index is 388. The molecule has 1 nitrogen and oxygen atoms in total. The van der Waals surface area contributed by atoms with Crippen molar-refractivity contribution in [1.82, 2.24) is 0 Å². The minimum atomic E-state index is -0.253. The van der Waals surface area contributed by atoms with Gasteiger partial charge in [0.2, 0.25) is 0 Å². The second-order valence-electron chi connectivity index (χ2n) is 5.27. The number of ketones is 1. The van der Waals surface area contributed by atoms with Crippen LogP contribution in [0.1, 0.15) is 38.3 Å². The van der Waals surface area contributed by atoms with Gasteiger partial charge in [-0.3, -0.25) is 4.79 Å². The number of hydrogen-bond acceptors (Lipinski definition) is 1. The van der Waals surface area contributed by atoms with Crippen LogP contribution in [0.5, 0.6) is 0 Å². The van der Waals surface area contributed by atoms with Gasteiger partial charge in [0.1, 0.15) is 5.78 Å². The highest BCUT2D eigenvalue weighted by molar-refractivity contribution is 6.31. The van der Waals surface area contributed by atoms with Crippen LogP contribution in [0.3, 0.4) is 0 Å². The molecule has 0 aromatic heterocycles. The smallest absolute Gasteiger partial charge is 0.138 e. The van der Waals surface area contributed by atoms with E-state index in [1.807, 2.05) is 45.9 Å². The van der Waals surface area contributed by atoms with Crippen molar-refractivity contribution in [2.24, 2.45) is 5.41 Å². The molecule has 1 rings (SSSR count). The molecular weight excluding hydrogens is 220 g/mol. The summed E-state index contributed by atoms with van der Waals surface area (Å²) in [6, 6.07) is 5.98. The molecule has 0 saturated heterocycles. The van der Waals surface area contributed by atoms with Crippen molar-refractivity contribution >= 4 is 17.4 Å². The second-order valence-corrected chi connectivity index (χ2v) is 5.68. The molecule has 0 aliphatic rings. The molecule has 0 bridgehead atoms. The zero-order valence-electron chi connectivity index (χ0n) is 10.4. The molecule has 0 aliphatic carbocycles. The summed E-state index contributed by atoms with van der Waals surface area (Å²) in [7, 11) is 0. The molecule has 0 saturated carbocycles. The van der Waals surface area contributed by atoms with Crippen LogP contribution in [0.25, 0.3) is 0 Å². The molecule has 0 atom stereocenters. The van der Waals surface area contributed by atoms with E-state index in [1.165, 1.54) is 0 Å². The average molecular weight is 239 g/mol. The van der Waals surface area contributed by atoms with Gasteiger partial charge in [-0.1, -0.05) is 44.5 Å². The van der Waals surface area contributed by atoms with Crippen LogP contribution in [0.2, 0.25) is 5.02 Å². The van der Waals surface area contributed by atoms with Crippen LogP contribution in [0.4, 0.5) is 0 Å². The SMILES string of the molecule is Cc1ccc(CCC(=O)C(C)(C)C)c(Cl)c1. The van der Waals surface area contributed by atoms with Gasteiger partial charge in [0, 0.05) is 16.9 Å². The van der Waals surface area contributed by atoms with E-state index >= 15 is 0 Å². The van der Waals surface area contributed by atoms with Gasteiger partial charge in [-0.15, -0.1) is 0 Å². The molecule has 0 unspecified atom stereocenters. The van der Waals surface area contributed by atoms with Crippen molar-refractivity contribution in [2.75, 3.05) is 0 Å². The number of hydrogen-bond donors (Lipinski definition) is 0. The van der Waals surface area contributed by atoms with Gasteiger partial charge in [0.25, 0.3) is 0 Å². The van der Waals surface area contributed by atoms with E-state index in [0.29, 0.717) is 6.42 Å². The minimum Gasteiger partial charge on any atom is -0.299 e. The largest absolute Gasteiger partial charge is 0.299 e. The summed E-state index contributed by atoms with van der Waals surface area (Å²) in [6.45, 7) is 7.86. The van der Waals surface area contributed by atoms with Crippen LogP contribution in [0.15, 0.2) is 18.2 Å². The molecule has 0 spiro atoms. The summed E-state index contributed by atoms with van der Waals surface area (Å²) in [4.78, 5) is 11.8. The molecule has 0 fully saturated rings. The first-order valence-corrected chi connectivity index (χ1v) is 5.97. The van der Waals surface area contributed by atoms with Crippen LogP contribution in [0, 0.1) is 12.3 Å². The first-order chi connectivity index (χ1) is 7.30. The van der Waals surface area contributed by atoms with E-state index in [2.05, 4.69) is 0 Å². The molecule has 16 heavy (non-hydrogen) atoms. The predicted molar refractivity (Wildman–Crippen MR) is 69.0 cm³/mol. The van der Waals surface area contributed by atoms with Gasteiger partial charge in [-0.25, -0.2) is 0 Å². The lowest BCUT2D eigenvalue weighted by Crippen LogP contribution is -2.20. The summed E-state index contributed by atoms with van der Waals surface area (Å²) in [5.41, 5.74) is 1.96. The Morgan fingerprint density at radius 1 is 1.31 bits per heavy atom. The van der Waals surface area contributed by atoms with Gasteiger partial charge in [-0.05, 0) is 30.5 Å². The molecule has 0 radical (unpaired) electrons. The molecule has 1 aromatic rings. The normalized spacial score (nSPS) is 11.6. The highest BCUT2D eigenvalue weighted by atomic mass is 35.5. The van der Waals surface area contributed by atoms with Crippen LogP contribution < -0.4 is 0 Å². The standard InChI is InChI=1S/C14H19ClO/c1-10-5-6-11(12(15)9-10)7-8-13(16)14(2,3)4/h5-6,9H,7-8H2,1-4H3. The van der Waals surface area contributed by atoms with Gasteiger partial charge in [0.15, 0.2) is 0 Å². The first kappa shape index (κ1) is 13.2. The van der Waals surface area contributed by atoms with E-state index in [4.69, 9.17) is 11.6 Å². The first-order valence-electron chi connectivity index (χ1n) is 5.59. The van der Waals surface area contributed by atoms with Crippen LogP contribution >= 0.6 is 11.6 Å². The highest BCUT2D eigenvalue weighted by Gasteiger charge is 2.20. The Kier molecular flexibility index (Phi) is 4.15. The molecule has 0 amide bonds. The van der Waals surface area contributed by atoms with E-state index in [9.17, 15) is 4.79 Å². The fourth-order valence-electron chi connectivity index (χ4n) is 1.48. The molecule has 0 N–H and O–H groups in total. The number of Topliss-reactive ketones (excluding diaryl/α,β-unsaturated/α-hetero) is 1. The second kappa shape index (κ2) is 5.01. The van der Waals surface area contributed by atoms with E-state index in [0.717, 1.165) is 22.6 Å². The monoisotopic (exact) mass is 238 g/mol. The number of benzene rings is 1. The third-order valence-electron chi connectivity index (χ3n) is 2.67. The third kappa shape index (κ3) is 3.64. The molecule has 2 heteroatoms. The summed E-state index contributed by atoms with van der Waals surface area (Å²) < 4.78 is 0. The lowest BCUT2D eigenvalue weighted by molar-refractivity contribution is -0.126. The van der Waals surface area contributed by atoms with Crippen molar-refractivity contribution < 1.29 is 4.79 Å². The van der Waals surface area contributed by atoms with Crippen molar-refractivity contribution in [1.29, 1.82) is 0 Å². The predicted octanol–water partition coefficient (Wildman–Crippen LogP) is 4.20. The Morgan fingerprint density at radius 3 is 2.44 bits per heavy atom. The minimum absolute atomic E-state index is 0.253. The Balaban J connectivity index is 2.65. The summed E-state index contributed by atoms with van der Waals surface area (Å²) >= 11 is 6.12. The maximum absolute atomic E-state index is 11.8. The van der Waals surface area contributed by atoms with E-state index < -0.39 is 0 Å². The fraction of sp³-hybridized carbons (Fsp3) is 0.500. The van der Waals surface area contributed by atoms with Gasteiger partial charge < -0.3 is 0 Å². The summed E-state index contributed by atoms with van der Waals surface area (Å²) in [6.07, 6.45) is 1.29. The molecule has 88 valence electrons. The molecule has 1 aromatic carbocycles.